The van der Waals surface area contributed by atoms with E-state index in [0.29, 0.717) is 17.1 Å². The van der Waals surface area contributed by atoms with Gasteiger partial charge in [0, 0.05) is 5.02 Å². The Balaban J connectivity index is 1.51. The van der Waals surface area contributed by atoms with Crippen molar-refractivity contribution in [1.29, 1.82) is 0 Å². The molecule has 3 aromatic rings. The molecule has 174 valence electrons. The molecule has 1 saturated heterocycles. The molecule has 0 saturated carbocycles. The fourth-order valence-electron chi connectivity index (χ4n) is 3.37. The number of amides is 2. The summed E-state index contributed by atoms with van der Waals surface area (Å²) < 4.78 is 21.2. The van der Waals surface area contributed by atoms with Crippen LogP contribution in [0.1, 0.15) is 22.3 Å². The minimum atomic E-state index is -0.474. The van der Waals surface area contributed by atoms with Crippen molar-refractivity contribution in [3.8, 4) is 5.75 Å². The van der Waals surface area contributed by atoms with Crippen molar-refractivity contribution in [2.45, 2.75) is 20.1 Å². The lowest BCUT2D eigenvalue weighted by Gasteiger charge is -2.13. The fraction of sp³-hybridized carbons (Fsp3) is 0.120. The van der Waals surface area contributed by atoms with Gasteiger partial charge in [-0.15, -0.1) is 0 Å². The van der Waals surface area contributed by atoms with Crippen molar-refractivity contribution >= 4 is 85.8 Å². The van der Waals surface area contributed by atoms with Crippen LogP contribution in [0.4, 0.5) is 9.18 Å². The Labute approximate surface area is 233 Å². The van der Waals surface area contributed by atoms with E-state index in [1.807, 2.05) is 37.3 Å². The van der Waals surface area contributed by atoms with Crippen LogP contribution in [0.3, 0.4) is 0 Å². The van der Waals surface area contributed by atoms with Crippen molar-refractivity contribution in [1.82, 2.24) is 4.90 Å². The van der Waals surface area contributed by atoms with Gasteiger partial charge in [-0.05, 0) is 111 Å². The second-order valence-corrected chi connectivity index (χ2v) is 11.3. The van der Waals surface area contributed by atoms with Gasteiger partial charge in [0.2, 0.25) is 0 Å². The van der Waals surface area contributed by atoms with E-state index >= 15 is 0 Å². The third-order valence-corrected chi connectivity index (χ3v) is 7.86. The number of thioether (sulfide) groups is 1. The van der Waals surface area contributed by atoms with Crippen LogP contribution in [0.5, 0.6) is 5.75 Å². The molecule has 0 aromatic heterocycles. The van der Waals surface area contributed by atoms with Crippen LogP contribution in [0.2, 0.25) is 5.02 Å². The first-order valence-electron chi connectivity index (χ1n) is 10.1. The van der Waals surface area contributed by atoms with Gasteiger partial charge in [0.15, 0.2) is 0 Å². The summed E-state index contributed by atoms with van der Waals surface area (Å²) in [6, 6.07) is 15.9. The highest BCUT2D eigenvalue weighted by Crippen LogP contribution is 2.36. The van der Waals surface area contributed by atoms with Gasteiger partial charge < -0.3 is 4.74 Å². The van der Waals surface area contributed by atoms with Crippen LogP contribution < -0.4 is 4.74 Å². The zero-order valence-corrected chi connectivity index (χ0v) is 23.7. The van der Waals surface area contributed by atoms with Gasteiger partial charge in [0.05, 0.1) is 18.6 Å². The predicted octanol–water partition coefficient (Wildman–Crippen LogP) is 7.81. The van der Waals surface area contributed by atoms with Crippen molar-refractivity contribution < 1.29 is 18.7 Å². The summed E-state index contributed by atoms with van der Waals surface area (Å²) in [5.41, 5.74) is 3.56. The number of benzene rings is 3. The van der Waals surface area contributed by atoms with E-state index in [0.717, 1.165) is 46.7 Å². The normalized spacial score (nSPS) is 14.9. The highest BCUT2D eigenvalue weighted by atomic mass is 127. The third-order valence-electron chi connectivity index (χ3n) is 5.00. The van der Waals surface area contributed by atoms with E-state index in [4.69, 9.17) is 16.3 Å². The molecular formula is C25H17ClFI2NO3S. The first-order chi connectivity index (χ1) is 16.2. The Kier molecular flexibility index (Phi) is 8.21. The van der Waals surface area contributed by atoms with E-state index in [-0.39, 0.29) is 16.8 Å². The number of nitrogens with zero attached hydrogens (tertiary/aromatic N) is 1. The number of ether oxygens (including phenoxy) is 1. The van der Waals surface area contributed by atoms with Crippen LogP contribution in [0, 0.1) is 19.9 Å². The number of aryl methyl sites for hydroxylation is 1. The maximum absolute atomic E-state index is 13.3. The summed E-state index contributed by atoms with van der Waals surface area (Å²) in [6.07, 6.45) is 1.70. The number of rotatable bonds is 6. The largest absolute Gasteiger partial charge is 0.487 e. The Morgan fingerprint density at radius 2 is 1.82 bits per heavy atom. The highest BCUT2D eigenvalue weighted by molar-refractivity contribution is 14.1. The Hall–Kier alpha value is -1.63. The van der Waals surface area contributed by atoms with Crippen LogP contribution in [-0.2, 0) is 17.9 Å². The Morgan fingerprint density at radius 3 is 2.50 bits per heavy atom. The molecule has 4 rings (SSSR count). The van der Waals surface area contributed by atoms with E-state index in [1.54, 1.807) is 6.08 Å². The lowest BCUT2D eigenvalue weighted by atomic mass is 10.1. The summed E-state index contributed by atoms with van der Waals surface area (Å²) in [5.74, 6) is -0.0996. The molecule has 9 heteroatoms. The number of hydrogen-bond acceptors (Lipinski definition) is 4. The molecule has 0 aliphatic carbocycles. The SMILES string of the molecule is Cc1cccc(COc2c(I)cc(/C=C3\SC(=O)N(Cc4ccc(F)cc4Cl)C3=O)cc2I)c1. The quantitative estimate of drug-likeness (QED) is 0.193. The van der Waals surface area contributed by atoms with Gasteiger partial charge in [0.25, 0.3) is 11.1 Å². The maximum atomic E-state index is 13.3. The molecule has 1 aliphatic heterocycles. The van der Waals surface area contributed by atoms with E-state index in [2.05, 4.69) is 51.2 Å². The zero-order valence-electron chi connectivity index (χ0n) is 17.8. The molecule has 34 heavy (non-hydrogen) atoms. The maximum Gasteiger partial charge on any atom is 0.293 e. The standard InChI is InChI=1S/C25H17ClFI2NO3S/c1-14-3-2-4-15(7-14)13-33-23-20(28)8-16(9-21(23)29)10-22-24(31)30(25(32)34-22)12-17-5-6-18(27)11-19(17)26/h2-11H,12-13H2,1H3/b22-10-. The topological polar surface area (TPSA) is 46.6 Å². The van der Waals surface area contributed by atoms with Crippen LogP contribution in [0.25, 0.3) is 6.08 Å². The number of hydrogen-bond donors (Lipinski definition) is 0. The van der Waals surface area contributed by atoms with Gasteiger partial charge in [-0.1, -0.05) is 47.5 Å². The first kappa shape index (κ1) is 25.5. The molecule has 4 nitrogen and oxygen atoms in total. The van der Waals surface area contributed by atoms with Crippen molar-refractivity contribution in [3.63, 3.8) is 0 Å². The smallest absolute Gasteiger partial charge is 0.293 e. The highest BCUT2D eigenvalue weighted by Gasteiger charge is 2.35. The molecule has 0 bridgehead atoms. The predicted molar refractivity (Wildman–Crippen MR) is 150 cm³/mol. The second kappa shape index (κ2) is 11.0. The molecule has 0 radical (unpaired) electrons. The van der Waals surface area contributed by atoms with Gasteiger partial charge in [-0.3, -0.25) is 14.5 Å². The molecule has 0 unspecified atom stereocenters. The van der Waals surface area contributed by atoms with Crippen molar-refractivity contribution in [3.05, 3.63) is 99.7 Å². The fourth-order valence-corrected chi connectivity index (χ4v) is 6.56. The van der Waals surface area contributed by atoms with Crippen LogP contribution >= 0.6 is 68.5 Å². The van der Waals surface area contributed by atoms with Gasteiger partial charge in [-0.25, -0.2) is 4.39 Å². The van der Waals surface area contributed by atoms with Crippen molar-refractivity contribution in [2.24, 2.45) is 0 Å². The second-order valence-electron chi connectivity index (χ2n) is 7.59. The third kappa shape index (κ3) is 5.95. The molecule has 3 aromatic carbocycles. The van der Waals surface area contributed by atoms with Crippen molar-refractivity contribution in [2.75, 3.05) is 0 Å². The van der Waals surface area contributed by atoms with E-state index in [9.17, 15) is 14.0 Å². The summed E-state index contributed by atoms with van der Waals surface area (Å²) in [7, 11) is 0. The van der Waals surface area contributed by atoms with Crippen LogP contribution in [-0.4, -0.2) is 16.0 Å². The minimum Gasteiger partial charge on any atom is -0.487 e. The molecule has 2 amide bonds. The average Bonchev–Trinajstić information content (AvgIpc) is 3.02. The molecule has 1 heterocycles. The van der Waals surface area contributed by atoms with E-state index in [1.165, 1.54) is 17.7 Å². The molecule has 0 spiro atoms. The summed E-state index contributed by atoms with van der Waals surface area (Å²) in [6.45, 7) is 2.49. The summed E-state index contributed by atoms with van der Waals surface area (Å²) in [4.78, 5) is 26.8. The van der Waals surface area contributed by atoms with E-state index < -0.39 is 11.7 Å². The molecular weight excluding hydrogens is 703 g/mol. The number of halogens is 4. The molecule has 1 fully saturated rings. The Morgan fingerprint density at radius 1 is 1.09 bits per heavy atom. The number of carbonyl (C=O) groups is 2. The minimum absolute atomic E-state index is 0.0120. The number of carbonyl (C=O) groups excluding carboxylic acids is 2. The Bertz CT molecular complexity index is 1310. The summed E-state index contributed by atoms with van der Waals surface area (Å²) >= 11 is 11.4. The lowest BCUT2D eigenvalue weighted by Crippen LogP contribution is -2.27. The van der Waals surface area contributed by atoms with Crippen LogP contribution in [0.15, 0.2) is 59.5 Å². The monoisotopic (exact) mass is 719 g/mol. The first-order valence-corrected chi connectivity index (χ1v) is 13.4. The molecule has 1 aliphatic rings. The average molecular weight is 720 g/mol. The van der Waals surface area contributed by atoms with Gasteiger partial charge in [0.1, 0.15) is 18.2 Å². The lowest BCUT2D eigenvalue weighted by molar-refractivity contribution is -0.123. The van der Waals surface area contributed by atoms with Gasteiger partial charge >= 0.3 is 0 Å². The summed E-state index contributed by atoms with van der Waals surface area (Å²) in [5, 5.41) is -0.215. The molecule has 0 N–H and O–H groups in total. The number of imide groups is 1. The van der Waals surface area contributed by atoms with Gasteiger partial charge in [-0.2, -0.15) is 0 Å². The molecule has 0 atom stereocenters. The zero-order chi connectivity index (χ0) is 24.4.